The SMILES string of the molecule is CC(Nc1ccc2[nH]ncc2c1)c1cc(F)cc(F)c1. The second-order valence-corrected chi connectivity index (χ2v) is 4.74. The molecule has 3 aromatic rings. The van der Waals surface area contributed by atoms with Crippen LogP contribution < -0.4 is 5.32 Å². The van der Waals surface area contributed by atoms with Crippen LogP contribution in [0.5, 0.6) is 0 Å². The van der Waals surface area contributed by atoms with Gasteiger partial charge in [0.25, 0.3) is 0 Å². The summed E-state index contributed by atoms with van der Waals surface area (Å²) in [5, 5.41) is 11.0. The van der Waals surface area contributed by atoms with E-state index in [9.17, 15) is 8.78 Å². The number of halogens is 2. The number of hydrogen-bond donors (Lipinski definition) is 2. The number of fused-ring (bicyclic) bond motifs is 1. The number of anilines is 1. The highest BCUT2D eigenvalue weighted by Gasteiger charge is 2.09. The predicted octanol–water partition coefficient (Wildman–Crippen LogP) is 4.01. The molecule has 1 atom stereocenters. The van der Waals surface area contributed by atoms with Gasteiger partial charge in [-0.2, -0.15) is 5.10 Å². The van der Waals surface area contributed by atoms with Gasteiger partial charge in [-0.25, -0.2) is 8.78 Å². The third-order valence-electron chi connectivity index (χ3n) is 3.21. The smallest absolute Gasteiger partial charge is 0.126 e. The minimum absolute atomic E-state index is 0.204. The average molecular weight is 273 g/mol. The first-order valence-electron chi connectivity index (χ1n) is 6.27. The van der Waals surface area contributed by atoms with Crippen LogP contribution in [0.3, 0.4) is 0 Å². The van der Waals surface area contributed by atoms with Gasteiger partial charge in [0.15, 0.2) is 0 Å². The number of nitrogens with zero attached hydrogens (tertiary/aromatic N) is 1. The highest BCUT2D eigenvalue weighted by molar-refractivity contribution is 5.81. The molecule has 3 nitrogen and oxygen atoms in total. The first-order chi connectivity index (χ1) is 9.61. The van der Waals surface area contributed by atoms with Crippen molar-refractivity contribution in [2.75, 3.05) is 5.32 Å². The molecule has 5 heteroatoms. The van der Waals surface area contributed by atoms with E-state index in [4.69, 9.17) is 0 Å². The summed E-state index contributed by atoms with van der Waals surface area (Å²) in [6.07, 6.45) is 1.73. The van der Waals surface area contributed by atoms with E-state index in [0.29, 0.717) is 5.56 Å². The largest absolute Gasteiger partial charge is 0.378 e. The minimum atomic E-state index is -0.570. The number of nitrogens with one attached hydrogen (secondary N) is 2. The summed E-state index contributed by atoms with van der Waals surface area (Å²) in [5.41, 5.74) is 2.38. The molecule has 1 heterocycles. The third kappa shape index (κ3) is 2.47. The van der Waals surface area contributed by atoms with Crippen molar-refractivity contribution in [3.8, 4) is 0 Å². The molecule has 2 aromatic carbocycles. The van der Waals surface area contributed by atoms with Crippen molar-refractivity contribution in [2.45, 2.75) is 13.0 Å². The fourth-order valence-electron chi connectivity index (χ4n) is 2.19. The van der Waals surface area contributed by atoms with E-state index in [-0.39, 0.29) is 6.04 Å². The molecule has 1 unspecified atom stereocenters. The van der Waals surface area contributed by atoms with E-state index in [1.165, 1.54) is 12.1 Å². The summed E-state index contributed by atoms with van der Waals surface area (Å²) in [7, 11) is 0. The number of hydrogen-bond acceptors (Lipinski definition) is 2. The molecule has 0 radical (unpaired) electrons. The van der Waals surface area contributed by atoms with E-state index >= 15 is 0 Å². The van der Waals surface area contributed by atoms with Crippen LogP contribution in [-0.2, 0) is 0 Å². The Morgan fingerprint density at radius 3 is 2.60 bits per heavy atom. The van der Waals surface area contributed by atoms with E-state index in [2.05, 4.69) is 15.5 Å². The summed E-state index contributed by atoms with van der Waals surface area (Å²) in [6, 6.07) is 9.06. The topological polar surface area (TPSA) is 40.7 Å². The highest BCUT2D eigenvalue weighted by atomic mass is 19.1. The van der Waals surface area contributed by atoms with Crippen molar-refractivity contribution >= 4 is 16.6 Å². The monoisotopic (exact) mass is 273 g/mol. The maximum absolute atomic E-state index is 13.2. The van der Waals surface area contributed by atoms with Crippen molar-refractivity contribution in [1.82, 2.24) is 10.2 Å². The fraction of sp³-hybridized carbons (Fsp3) is 0.133. The number of aromatic amines is 1. The van der Waals surface area contributed by atoms with Crippen LogP contribution >= 0.6 is 0 Å². The van der Waals surface area contributed by atoms with Crippen LogP contribution in [0, 0.1) is 11.6 Å². The molecule has 0 amide bonds. The molecule has 20 heavy (non-hydrogen) atoms. The molecule has 0 saturated heterocycles. The maximum atomic E-state index is 13.2. The number of H-pyrrole nitrogens is 1. The van der Waals surface area contributed by atoms with Crippen LogP contribution in [0.1, 0.15) is 18.5 Å². The van der Waals surface area contributed by atoms with Crippen molar-refractivity contribution < 1.29 is 8.78 Å². The Balaban J connectivity index is 1.85. The molecule has 0 saturated carbocycles. The van der Waals surface area contributed by atoms with Crippen molar-refractivity contribution in [1.29, 1.82) is 0 Å². The molecule has 2 N–H and O–H groups in total. The Hall–Kier alpha value is -2.43. The van der Waals surface area contributed by atoms with E-state index in [1.807, 2.05) is 25.1 Å². The quantitative estimate of drug-likeness (QED) is 0.756. The lowest BCUT2D eigenvalue weighted by atomic mass is 10.1. The highest BCUT2D eigenvalue weighted by Crippen LogP contribution is 2.23. The zero-order valence-electron chi connectivity index (χ0n) is 10.8. The second kappa shape index (κ2) is 4.92. The van der Waals surface area contributed by atoms with Gasteiger partial charge < -0.3 is 5.32 Å². The number of rotatable bonds is 3. The lowest BCUT2D eigenvalue weighted by Crippen LogP contribution is -2.07. The summed E-state index contributed by atoms with van der Waals surface area (Å²) in [6.45, 7) is 1.85. The Bertz CT molecular complexity index is 731. The molecule has 0 aliphatic rings. The average Bonchev–Trinajstić information content (AvgIpc) is 2.85. The molecule has 0 spiro atoms. The summed E-state index contributed by atoms with van der Waals surface area (Å²) in [5.74, 6) is -1.14. The Morgan fingerprint density at radius 2 is 1.85 bits per heavy atom. The maximum Gasteiger partial charge on any atom is 0.126 e. The molecule has 1 aromatic heterocycles. The van der Waals surface area contributed by atoms with Crippen LogP contribution in [-0.4, -0.2) is 10.2 Å². The minimum Gasteiger partial charge on any atom is -0.378 e. The second-order valence-electron chi connectivity index (χ2n) is 4.74. The number of benzene rings is 2. The fourth-order valence-corrected chi connectivity index (χ4v) is 2.19. The van der Waals surface area contributed by atoms with Crippen molar-refractivity contribution in [2.24, 2.45) is 0 Å². The molecule has 0 bridgehead atoms. The predicted molar refractivity (Wildman–Crippen MR) is 74.5 cm³/mol. The first-order valence-corrected chi connectivity index (χ1v) is 6.27. The van der Waals surface area contributed by atoms with Gasteiger partial charge in [-0.3, -0.25) is 5.10 Å². The molecular formula is C15H13F2N3. The zero-order valence-corrected chi connectivity index (χ0v) is 10.8. The van der Waals surface area contributed by atoms with Gasteiger partial charge in [-0.05, 0) is 42.8 Å². The normalized spacial score (nSPS) is 12.6. The van der Waals surface area contributed by atoms with Crippen LogP contribution in [0.4, 0.5) is 14.5 Å². The summed E-state index contributed by atoms with van der Waals surface area (Å²) < 4.78 is 26.4. The lowest BCUT2D eigenvalue weighted by molar-refractivity contribution is 0.577. The Morgan fingerprint density at radius 1 is 1.10 bits per heavy atom. The molecular weight excluding hydrogens is 260 g/mol. The first kappa shape index (κ1) is 12.6. The van der Waals surface area contributed by atoms with E-state index in [0.717, 1.165) is 22.7 Å². The van der Waals surface area contributed by atoms with Crippen LogP contribution in [0.2, 0.25) is 0 Å². The molecule has 0 aliphatic heterocycles. The van der Waals surface area contributed by atoms with Gasteiger partial charge in [0, 0.05) is 23.2 Å². The summed E-state index contributed by atoms with van der Waals surface area (Å²) >= 11 is 0. The molecule has 0 aliphatic carbocycles. The molecule has 0 fully saturated rings. The third-order valence-corrected chi connectivity index (χ3v) is 3.21. The van der Waals surface area contributed by atoms with Crippen molar-refractivity contribution in [3.05, 3.63) is 59.8 Å². The van der Waals surface area contributed by atoms with Gasteiger partial charge >= 0.3 is 0 Å². The van der Waals surface area contributed by atoms with E-state index in [1.54, 1.807) is 6.20 Å². The molecule has 102 valence electrons. The van der Waals surface area contributed by atoms with Gasteiger partial charge in [0.2, 0.25) is 0 Å². The van der Waals surface area contributed by atoms with E-state index < -0.39 is 11.6 Å². The summed E-state index contributed by atoms with van der Waals surface area (Å²) in [4.78, 5) is 0. The van der Waals surface area contributed by atoms with Gasteiger partial charge in [0.1, 0.15) is 11.6 Å². The molecule has 3 rings (SSSR count). The van der Waals surface area contributed by atoms with Gasteiger partial charge in [-0.1, -0.05) is 0 Å². The van der Waals surface area contributed by atoms with Gasteiger partial charge in [-0.15, -0.1) is 0 Å². The van der Waals surface area contributed by atoms with Crippen LogP contribution in [0.25, 0.3) is 10.9 Å². The van der Waals surface area contributed by atoms with Crippen LogP contribution in [0.15, 0.2) is 42.6 Å². The number of aromatic nitrogens is 2. The lowest BCUT2D eigenvalue weighted by Gasteiger charge is -2.16. The Labute approximate surface area is 114 Å². The Kier molecular flexibility index (Phi) is 3.10. The van der Waals surface area contributed by atoms with Gasteiger partial charge in [0.05, 0.1) is 11.7 Å². The standard InChI is InChI=1S/C15H13F2N3/c1-9(10-4-12(16)7-13(17)5-10)19-14-2-3-15-11(6-14)8-18-20-15/h2-9,19H,1H3,(H,18,20). The zero-order chi connectivity index (χ0) is 14.1. The van der Waals surface area contributed by atoms with Crippen molar-refractivity contribution in [3.63, 3.8) is 0 Å².